The van der Waals surface area contributed by atoms with Gasteiger partial charge in [0.25, 0.3) is 0 Å². The normalized spacial score (nSPS) is 29.2. The van der Waals surface area contributed by atoms with E-state index in [1.165, 1.54) is 37.8 Å². The van der Waals surface area contributed by atoms with Crippen molar-refractivity contribution in [3.8, 4) is 0 Å². The molecule has 0 radical (unpaired) electrons. The number of hydrogen-bond acceptors (Lipinski definition) is 4. The molecule has 5 nitrogen and oxygen atoms in total. The molecule has 1 unspecified atom stereocenters. The van der Waals surface area contributed by atoms with Crippen molar-refractivity contribution in [2.24, 2.45) is 0 Å². The molecule has 2 bridgehead atoms. The van der Waals surface area contributed by atoms with Gasteiger partial charge in [-0.15, -0.1) is 0 Å². The van der Waals surface area contributed by atoms with Gasteiger partial charge in [0, 0.05) is 70.9 Å². The van der Waals surface area contributed by atoms with Crippen molar-refractivity contribution in [3.63, 3.8) is 0 Å². The molecule has 0 spiro atoms. The number of carbonyl (C=O) groups excluding carboxylic acids is 1. The van der Waals surface area contributed by atoms with Crippen molar-refractivity contribution < 1.29 is 4.79 Å². The van der Waals surface area contributed by atoms with Crippen LogP contribution in [0, 0.1) is 0 Å². The maximum Gasteiger partial charge on any atom is 0.219 e. The molecule has 27 heavy (non-hydrogen) atoms. The second kappa shape index (κ2) is 8.72. The minimum atomic E-state index is 0.220. The highest BCUT2D eigenvalue weighted by Gasteiger charge is 2.40. The van der Waals surface area contributed by atoms with E-state index in [1.807, 2.05) is 4.90 Å². The first-order valence-corrected chi connectivity index (χ1v) is 10.7. The lowest BCUT2D eigenvalue weighted by Gasteiger charge is -2.41. The lowest BCUT2D eigenvalue weighted by Crippen LogP contribution is -2.53. The number of carbonyl (C=O) groups is 1. The van der Waals surface area contributed by atoms with Gasteiger partial charge in [-0.25, -0.2) is 0 Å². The third kappa shape index (κ3) is 4.71. The van der Waals surface area contributed by atoms with Gasteiger partial charge in [0.05, 0.1) is 0 Å². The molecule has 3 aliphatic heterocycles. The molecular formula is C22H34N4O. The van der Waals surface area contributed by atoms with Gasteiger partial charge >= 0.3 is 0 Å². The van der Waals surface area contributed by atoms with Crippen LogP contribution in [-0.4, -0.2) is 78.0 Å². The molecule has 148 valence electrons. The van der Waals surface area contributed by atoms with E-state index in [-0.39, 0.29) is 5.91 Å². The van der Waals surface area contributed by atoms with Gasteiger partial charge in [-0.3, -0.25) is 14.6 Å². The highest BCUT2D eigenvalue weighted by molar-refractivity contribution is 5.73. The summed E-state index contributed by atoms with van der Waals surface area (Å²) in [5, 5.41) is 3.81. The zero-order valence-corrected chi connectivity index (χ0v) is 16.6. The molecular weight excluding hydrogens is 336 g/mol. The lowest BCUT2D eigenvalue weighted by molar-refractivity contribution is -0.130. The Kier molecular flexibility index (Phi) is 6.11. The summed E-state index contributed by atoms with van der Waals surface area (Å²) in [5.41, 5.74) is 1.39. The summed E-state index contributed by atoms with van der Waals surface area (Å²) in [7, 11) is 0. The van der Waals surface area contributed by atoms with Crippen LogP contribution in [-0.2, 0) is 11.3 Å². The smallest absolute Gasteiger partial charge is 0.219 e. The van der Waals surface area contributed by atoms with E-state index >= 15 is 0 Å². The number of hydrogen-bond donors (Lipinski definition) is 1. The predicted molar refractivity (Wildman–Crippen MR) is 109 cm³/mol. The Labute approximate surface area is 163 Å². The number of nitrogens with zero attached hydrogens (tertiary/aromatic N) is 3. The molecule has 3 fully saturated rings. The number of fused-ring (bicyclic) bond motifs is 2. The third-order valence-corrected chi connectivity index (χ3v) is 6.81. The number of amides is 1. The fourth-order valence-electron chi connectivity index (χ4n) is 5.21. The Morgan fingerprint density at radius 3 is 2.30 bits per heavy atom. The standard InChI is InChI=1S/C22H34N4O/c1-18(27)25-12-9-24(10-13-25)11-14-26-21-7-8-22(26)16-20(15-21)23-17-19-5-3-2-4-6-19/h2-6,20-23H,7-17H2,1H3/t20?,21-,22+. The molecule has 0 aromatic heterocycles. The fourth-order valence-corrected chi connectivity index (χ4v) is 5.21. The minimum absolute atomic E-state index is 0.220. The average Bonchev–Trinajstić information content (AvgIpc) is 2.93. The second-order valence-corrected chi connectivity index (χ2v) is 8.51. The molecule has 1 aromatic rings. The molecule has 4 rings (SSSR count). The molecule has 0 aliphatic carbocycles. The molecule has 1 amide bonds. The topological polar surface area (TPSA) is 38.8 Å². The highest BCUT2D eigenvalue weighted by atomic mass is 16.2. The third-order valence-electron chi connectivity index (χ3n) is 6.81. The van der Waals surface area contributed by atoms with Gasteiger partial charge in [0.1, 0.15) is 0 Å². The first-order chi connectivity index (χ1) is 13.2. The van der Waals surface area contributed by atoms with Gasteiger partial charge < -0.3 is 10.2 Å². The summed E-state index contributed by atoms with van der Waals surface area (Å²) in [5.74, 6) is 0.220. The number of benzene rings is 1. The average molecular weight is 371 g/mol. The van der Waals surface area contributed by atoms with Crippen molar-refractivity contribution in [3.05, 3.63) is 35.9 Å². The first kappa shape index (κ1) is 18.9. The molecule has 3 saturated heterocycles. The second-order valence-electron chi connectivity index (χ2n) is 8.51. The van der Waals surface area contributed by atoms with Crippen LogP contribution in [0.4, 0.5) is 0 Å². The minimum Gasteiger partial charge on any atom is -0.340 e. The predicted octanol–water partition coefficient (Wildman–Crippen LogP) is 1.94. The van der Waals surface area contributed by atoms with E-state index in [2.05, 4.69) is 45.4 Å². The monoisotopic (exact) mass is 370 g/mol. The molecule has 3 heterocycles. The molecule has 3 atom stereocenters. The van der Waals surface area contributed by atoms with Gasteiger partial charge in [-0.05, 0) is 31.2 Å². The summed E-state index contributed by atoms with van der Waals surface area (Å²) in [4.78, 5) is 18.8. The maximum atomic E-state index is 11.5. The summed E-state index contributed by atoms with van der Waals surface area (Å²) < 4.78 is 0. The van der Waals surface area contributed by atoms with Crippen LogP contribution >= 0.6 is 0 Å². The maximum absolute atomic E-state index is 11.5. The Hall–Kier alpha value is -1.43. The van der Waals surface area contributed by atoms with Crippen molar-refractivity contribution in [2.75, 3.05) is 39.3 Å². The zero-order valence-electron chi connectivity index (χ0n) is 16.6. The van der Waals surface area contributed by atoms with Gasteiger partial charge in [-0.2, -0.15) is 0 Å². The van der Waals surface area contributed by atoms with E-state index in [0.717, 1.165) is 51.4 Å². The van der Waals surface area contributed by atoms with Crippen molar-refractivity contribution in [1.82, 2.24) is 20.0 Å². The number of rotatable bonds is 6. The Balaban J connectivity index is 1.21. The van der Waals surface area contributed by atoms with Crippen LogP contribution in [0.1, 0.15) is 38.2 Å². The Morgan fingerprint density at radius 2 is 1.67 bits per heavy atom. The van der Waals surface area contributed by atoms with Crippen molar-refractivity contribution in [1.29, 1.82) is 0 Å². The number of piperazine rings is 1. The van der Waals surface area contributed by atoms with Gasteiger partial charge in [-0.1, -0.05) is 30.3 Å². The molecule has 3 aliphatic rings. The quantitative estimate of drug-likeness (QED) is 0.831. The number of nitrogens with one attached hydrogen (secondary N) is 1. The van der Waals surface area contributed by atoms with E-state index in [1.54, 1.807) is 6.92 Å². The lowest BCUT2D eigenvalue weighted by atomic mass is 9.97. The number of piperidine rings is 1. The molecule has 1 aromatic carbocycles. The van der Waals surface area contributed by atoms with Crippen LogP contribution < -0.4 is 5.32 Å². The van der Waals surface area contributed by atoms with Gasteiger partial charge in [0.2, 0.25) is 5.91 Å². The highest BCUT2D eigenvalue weighted by Crippen LogP contribution is 2.35. The van der Waals surface area contributed by atoms with Gasteiger partial charge in [0.15, 0.2) is 0 Å². The first-order valence-electron chi connectivity index (χ1n) is 10.7. The molecule has 1 N–H and O–H groups in total. The molecule has 0 saturated carbocycles. The van der Waals surface area contributed by atoms with Crippen molar-refractivity contribution in [2.45, 2.75) is 57.3 Å². The zero-order chi connectivity index (χ0) is 18.6. The summed E-state index contributed by atoms with van der Waals surface area (Å²) in [6.07, 6.45) is 5.32. The van der Waals surface area contributed by atoms with E-state index in [4.69, 9.17) is 0 Å². The van der Waals surface area contributed by atoms with E-state index in [9.17, 15) is 4.79 Å². The van der Waals surface area contributed by atoms with Crippen LogP contribution in [0.15, 0.2) is 30.3 Å². The van der Waals surface area contributed by atoms with Crippen LogP contribution in [0.3, 0.4) is 0 Å². The summed E-state index contributed by atoms with van der Waals surface area (Å²) >= 11 is 0. The van der Waals surface area contributed by atoms with Crippen LogP contribution in [0.5, 0.6) is 0 Å². The van der Waals surface area contributed by atoms with Crippen LogP contribution in [0.25, 0.3) is 0 Å². The van der Waals surface area contributed by atoms with Crippen LogP contribution in [0.2, 0.25) is 0 Å². The molecule has 5 heteroatoms. The Morgan fingerprint density at radius 1 is 1.00 bits per heavy atom. The summed E-state index contributed by atoms with van der Waals surface area (Å²) in [6.45, 7) is 8.88. The summed E-state index contributed by atoms with van der Waals surface area (Å²) in [6, 6.07) is 12.9. The van der Waals surface area contributed by atoms with Crippen molar-refractivity contribution >= 4 is 5.91 Å². The largest absolute Gasteiger partial charge is 0.340 e. The Bertz CT molecular complexity index is 600. The fraction of sp³-hybridized carbons (Fsp3) is 0.682. The van der Waals surface area contributed by atoms with E-state index < -0.39 is 0 Å². The SMILES string of the molecule is CC(=O)N1CCN(CCN2[C@@H]3CC[C@H]2CC(NCc2ccccc2)C3)CC1. The van der Waals surface area contributed by atoms with E-state index in [0.29, 0.717) is 6.04 Å².